The summed E-state index contributed by atoms with van der Waals surface area (Å²) in [4.78, 5) is 25.3. The van der Waals surface area contributed by atoms with E-state index in [9.17, 15) is 24.9 Å². The van der Waals surface area contributed by atoms with E-state index in [1.807, 2.05) is 27.7 Å². The van der Waals surface area contributed by atoms with Crippen LogP contribution in [0.2, 0.25) is 0 Å². The van der Waals surface area contributed by atoms with Crippen LogP contribution < -0.4 is 0 Å². The highest BCUT2D eigenvalue weighted by Gasteiger charge is 2.59. The van der Waals surface area contributed by atoms with Crippen LogP contribution >= 0.6 is 0 Å². The lowest BCUT2D eigenvalue weighted by Crippen LogP contribution is -2.43. The molecule has 2 bridgehead atoms. The lowest BCUT2D eigenvalue weighted by Gasteiger charge is -2.26. The zero-order valence-electron chi connectivity index (χ0n) is 13.6. The van der Waals surface area contributed by atoms with E-state index >= 15 is 0 Å². The molecule has 0 fully saturated rings. The van der Waals surface area contributed by atoms with Gasteiger partial charge >= 0.3 is 0 Å². The Morgan fingerprint density at radius 3 is 2.22 bits per heavy atom. The average molecular weight is 316 g/mol. The Morgan fingerprint density at radius 2 is 1.70 bits per heavy atom. The van der Waals surface area contributed by atoms with Gasteiger partial charge in [0.1, 0.15) is 0 Å². The molecule has 0 aromatic heterocycles. The summed E-state index contributed by atoms with van der Waals surface area (Å²) in [6.45, 7) is 7.56. The van der Waals surface area contributed by atoms with E-state index in [0.29, 0.717) is 22.3 Å². The maximum atomic E-state index is 12.8. The molecule has 5 heteroatoms. The Labute approximate surface area is 134 Å². The molecule has 0 heterocycles. The molecule has 0 saturated heterocycles. The number of hydrogen-bond donors (Lipinski definition) is 3. The first-order valence-corrected chi connectivity index (χ1v) is 7.75. The first kappa shape index (κ1) is 15.7. The lowest BCUT2D eigenvalue weighted by atomic mass is 9.78. The predicted octanol–water partition coefficient (Wildman–Crippen LogP) is 2.37. The molecular formula is C18H20O5. The summed E-state index contributed by atoms with van der Waals surface area (Å²) in [5.41, 5.74) is -0.469. The van der Waals surface area contributed by atoms with Crippen LogP contribution in [0.25, 0.3) is 5.57 Å². The molecule has 5 nitrogen and oxygen atoms in total. The van der Waals surface area contributed by atoms with E-state index in [4.69, 9.17) is 0 Å². The molecule has 2 aliphatic rings. The number of carbonyl (C=O) groups is 2. The van der Waals surface area contributed by atoms with Gasteiger partial charge in [0.15, 0.2) is 17.3 Å². The zero-order chi connectivity index (χ0) is 17.3. The molecule has 0 aliphatic heterocycles. The van der Waals surface area contributed by atoms with Crippen molar-refractivity contribution in [2.75, 3.05) is 0 Å². The van der Waals surface area contributed by atoms with Gasteiger partial charge in [0.25, 0.3) is 0 Å². The summed E-state index contributed by atoms with van der Waals surface area (Å²) in [5.74, 6) is -2.44. The third-order valence-electron chi connectivity index (χ3n) is 4.87. The van der Waals surface area contributed by atoms with Gasteiger partial charge in [-0.3, -0.25) is 9.59 Å². The van der Waals surface area contributed by atoms with Gasteiger partial charge < -0.3 is 15.3 Å². The monoisotopic (exact) mass is 316 g/mol. The van der Waals surface area contributed by atoms with E-state index in [1.54, 1.807) is 0 Å². The van der Waals surface area contributed by atoms with Crippen LogP contribution in [0, 0.1) is 5.92 Å². The molecule has 3 N–H and O–H groups in total. The second-order valence-electron chi connectivity index (χ2n) is 6.93. The molecule has 1 unspecified atom stereocenters. The van der Waals surface area contributed by atoms with Crippen LogP contribution in [-0.2, 0) is 15.2 Å². The van der Waals surface area contributed by atoms with Gasteiger partial charge in [-0.25, -0.2) is 0 Å². The fourth-order valence-corrected chi connectivity index (χ4v) is 3.62. The Balaban J connectivity index is 2.53. The first-order chi connectivity index (χ1) is 10.6. The molecule has 0 saturated carbocycles. The number of aromatic hydroxyl groups is 2. The summed E-state index contributed by atoms with van der Waals surface area (Å²) in [5, 5.41) is 31.1. The van der Waals surface area contributed by atoms with Crippen molar-refractivity contribution in [3.8, 4) is 11.5 Å². The molecule has 0 amide bonds. The maximum Gasteiger partial charge on any atom is 0.216 e. The third-order valence-corrected chi connectivity index (χ3v) is 4.87. The van der Waals surface area contributed by atoms with Gasteiger partial charge in [-0.15, -0.1) is 0 Å². The number of hydrogen-bond acceptors (Lipinski definition) is 5. The molecule has 122 valence electrons. The second kappa shape index (κ2) is 4.68. The average Bonchev–Trinajstić information content (AvgIpc) is 2.62. The SMILES string of the molecule is CC(C)C1=C2C(=O)C(O)(C(=O)C1)c1c(O)c(O)cc(C(C)C)c12. The molecular weight excluding hydrogens is 296 g/mol. The van der Waals surface area contributed by atoms with Crippen LogP contribution in [0.3, 0.4) is 0 Å². The van der Waals surface area contributed by atoms with Crippen molar-refractivity contribution in [3.05, 3.63) is 28.3 Å². The van der Waals surface area contributed by atoms with Gasteiger partial charge in [0, 0.05) is 12.0 Å². The van der Waals surface area contributed by atoms with Crippen LogP contribution in [0.1, 0.15) is 56.7 Å². The van der Waals surface area contributed by atoms with Crippen molar-refractivity contribution < 1.29 is 24.9 Å². The predicted molar refractivity (Wildman–Crippen MR) is 84.1 cm³/mol. The highest BCUT2D eigenvalue weighted by molar-refractivity contribution is 6.40. The first-order valence-electron chi connectivity index (χ1n) is 7.75. The van der Waals surface area contributed by atoms with Crippen molar-refractivity contribution in [2.45, 2.75) is 45.6 Å². The summed E-state index contributed by atoms with van der Waals surface area (Å²) in [6.07, 6.45) is -0.0261. The molecule has 1 aromatic rings. The van der Waals surface area contributed by atoms with Gasteiger partial charge in [0.05, 0.1) is 5.56 Å². The molecule has 1 atom stereocenters. The maximum absolute atomic E-state index is 12.8. The molecule has 0 radical (unpaired) electrons. The normalized spacial score (nSPS) is 23.3. The molecule has 2 aliphatic carbocycles. The quantitative estimate of drug-likeness (QED) is 0.575. The van der Waals surface area contributed by atoms with Crippen molar-refractivity contribution >= 4 is 17.1 Å². The minimum absolute atomic E-state index is 0.0261. The highest BCUT2D eigenvalue weighted by atomic mass is 16.3. The van der Waals surface area contributed by atoms with Crippen LogP contribution in [0.15, 0.2) is 11.6 Å². The largest absolute Gasteiger partial charge is 0.504 e. The summed E-state index contributed by atoms with van der Waals surface area (Å²) in [6, 6.07) is 1.41. The Morgan fingerprint density at radius 1 is 1.09 bits per heavy atom. The summed E-state index contributed by atoms with van der Waals surface area (Å²) >= 11 is 0. The van der Waals surface area contributed by atoms with Gasteiger partial charge in [-0.05, 0) is 34.6 Å². The number of aliphatic hydroxyl groups is 1. The zero-order valence-corrected chi connectivity index (χ0v) is 13.6. The van der Waals surface area contributed by atoms with Crippen LogP contribution in [0.5, 0.6) is 11.5 Å². The number of benzene rings is 1. The van der Waals surface area contributed by atoms with Gasteiger partial charge in [-0.1, -0.05) is 27.7 Å². The van der Waals surface area contributed by atoms with E-state index in [0.717, 1.165) is 0 Å². The van der Waals surface area contributed by atoms with Gasteiger partial charge in [0.2, 0.25) is 11.4 Å². The number of phenolic OH excluding ortho intramolecular Hbond substituents is 2. The number of ketones is 2. The van der Waals surface area contributed by atoms with E-state index in [2.05, 4.69) is 0 Å². The molecule has 23 heavy (non-hydrogen) atoms. The number of carbonyl (C=O) groups excluding carboxylic acids is 2. The highest BCUT2D eigenvalue weighted by Crippen LogP contribution is 2.56. The minimum Gasteiger partial charge on any atom is -0.504 e. The van der Waals surface area contributed by atoms with Crippen LogP contribution in [0.4, 0.5) is 0 Å². The number of rotatable bonds is 2. The van der Waals surface area contributed by atoms with Crippen molar-refractivity contribution in [1.82, 2.24) is 0 Å². The van der Waals surface area contributed by atoms with E-state index in [1.165, 1.54) is 6.07 Å². The third kappa shape index (κ3) is 1.77. The molecule has 1 aromatic carbocycles. The molecule has 3 rings (SSSR count). The Bertz CT molecular complexity index is 785. The standard InChI is InChI=1S/C18H20O5/c1-7(2)9-5-11(19)16(21)15-13(9)14-10(8(3)4)6-12(20)18(15,23)17(14)22/h5,7-8,19,21,23H,6H2,1-4H3. The van der Waals surface area contributed by atoms with Crippen molar-refractivity contribution in [3.63, 3.8) is 0 Å². The Kier molecular flexibility index (Phi) is 3.20. The van der Waals surface area contributed by atoms with E-state index < -0.39 is 28.7 Å². The van der Waals surface area contributed by atoms with Gasteiger partial charge in [-0.2, -0.15) is 0 Å². The topological polar surface area (TPSA) is 94.8 Å². The lowest BCUT2D eigenvalue weighted by molar-refractivity contribution is -0.148. The fourth-order valence-electron chi connectivity index (χ4n) is 3.62. The summed E-state index contributed by atoms with van der Waals surface area (Å²) < 4.78 is 0. The number of allylic oxidation sites excluding steroid dienone is 1. The second-order valence-corrected chi connectivity index (χ2v) is 6.93. The van der Waals surface area contributed by atoms with E-state index in [-0.39, 0.29) is 23.8 Å². The number of Topliss-reactive ketones (excluding diaryl/α,β-unsaturated/α-hetero) is 2. The van der Waals surface area contributed by atoms with Crippen LogP contribution in [-0.4, -0.2) is 26.9 Å². The number of phenols is 2. The number of fused-ring (bicyclic) bond motifs is 5. The molecule has 0 spiro atoms. The smallest absolute Gasteiger partial charge is 0.216 e. The van der Waals surface area contributed by atoms with Crippen molar-refractivity contribution in [2.24, 2.45) is 5.92 Å². The Hall–Kier alpha value is -2.14. The minimum atomic E-state index is -2.38. The van der Waals surface area contributed by atoms with Crippen molar-refractivity contribution in [1.29, 1.82) is 0 Å². The fraction of sp³-hybridized carbons (Fsp3) is 0.444. The summed E-state index contributed by atoms with van der Waals surface area (Å²) in [7, 11) is 0.